The first kappa shape index (κ1) is 12.2. The monoisotopic (exact) mass is 211 g/mol. The molecule has 1 saturated carbocycles. The van der Waals surface area contributed by atoms with E-state index in [2.05, 4.69) is 11.9 Å². The van der Waals surface area contributed by atoms with Crippen molar-refractivity contribution in [3.05, 3.63) is 12.7 Å². The van der Waals surface area contributed by atoms with Gasteiger partial charge in [0.15, 0.2) is 0 Å². The fraction of sp³-hybridized carbons (Fsp3) is 0.750. The summed E-state index contributed by atoms with van der Waals surface area (Å²) in [7, 11) is 0. The Labute approximate surface area is 91.6 Å². The van der Waals surface area contributed by atoms with Crippen molar-refractivity contribution in [2.75, 3.05) is 6.54 Å². The van der Waals surface area contributed by atoms with Crippen LogP contribution in [-0.2, 0) is 4.79 Å². The van der Waals surface area contributed by atoms with Crippen LogP contribution < -0.4 is 5.32 Å². The molecule has 0 spiro atoms. The van der Waals surface area contributed by atoms with E-state index in [9.17, 15) is 4.79 Å². The molecule has 1 aliphatic rings. The maximum atomic E-state index is 11.1. The molecule has 0 radical (unpaired) electrons. The molecule has 0 amide bonds. The van der Waals surface area contributed by atoms with E-state index in [4.69, 9.17) is 5.11 Å². The van der Waals surface area contributed by atoms with Gasteiger partial charge in [-0.05, 0) is 18.8 Å². The topological polar surface area (TPSA) is 49.3 Å². The standard InChI is InChI=1S/C12H21NO2/c1-2-9-13-11(12(14)15)10-7-5-3-4-6-8-10/h2,10-11,13H,1,3-9H2,(H,14,15). The second-order valence-electron chi connectivity index (χ2n) is 4.26. The third kappa shape index (κ3) is 4.04. The Bertz CT molecular complexity index is 208. The number of carboxylic acid groups (broad SMARTS) is 1. The Morgan fingerprint density at radius 1 is 1.40 bits per heavy atom. The number of hydrogen-bond acceptors (Lipinski definition) is 2. The van der Waals surface area contributed by atoms with E-state index in [1.165, 1.54) is 25.7 Å². The van der Waals surface area contributed by atoms with Crippen molar-refractivity contribution >= 4 is 5.97 Å². The Morgan fingerprint density at radius 2 is 2.00 bits per heavy atom. The van der Waals surface area contributed by atoms with Crippen LogP contribution in [0.5, 0.6) is 0 Å². The van der Waals surface area contributed by atoms with E-state index < -0.39 is 5.97 Å². The summed E-state index contributed by atoms with van der Waals surface area (Å²) in [5.74, 6) is -0.422. The van der Waals surface area contributed by atoms with E-state index in [-0.39, 0.29) is 6.04 Å². The summed E-state index contributed by atoms with van der Waals surface area (Å²) in [6.07, 6.45) is 8.65. The van der Waals surface area contributed by atoms with Crippen LogP contribution in [0.3, 0.4) is 0 Å². The van der Waals surface area contributed by atoms with Crippen LogP contribution in [0, 0.1) is 5.92 Å². The summed E-state index contributed by atoms with van der Waals surface area (Å²) >= 11 is 0. The molecule has 15 heavy (non-hydrogen) atoms. The summed E-state index contributed by atoms with van der Waals surface area (Å²) in [5, 5.41) is 12.2. The van der Waals surface area contributed by atoms with Gasteiger partial charge in [0.1, 0.15) is 6.04 Å². The lowest BCUT2D eigenvalue weighted by molar-refractivity contribution is -0.141. The predicted molar refractivity (Wildman–Crippen MR) is 60.8 cm³/mol. The first-order valence-electron chi connectivity index (χ1n) is 5.82. The van der Waals surface area contributed by atoms with Crippen molar-refractivity contribution in [3.63, 3.8) is 0 Å². The van der Waals surface area contributed by atoms with Gasteiger partial charge in [0.2, 0.25) is 0 Å². The molecule has 0 aromatic carbocycles. The van der Waals surface area contributed by atoms with Crippen molar-refractivity contribution in [2.24, 2.45) is 5.92 Å². The quantitative estimate of drug-likeness (QED) is 0.541. The molecule has 86 valence electrons. The van der Waals surface area contributed by atoms with Gasteiger partial charge in [-0.2, -0.15) is 0 Å². The minimum absolute atomic E-state index is 0.296. The highest BCUT2D eigenvalue weighted by atomic mass is 16.4. The third-order valence-corrected chi connectivity index (χ3v) is 3.12. The zero-order valence-electron chi connectivity index (χ0n) is 9.24. The Balaban J connectivity index is 2.51. The maximum Gasteiger partial charge on any atom is 0.320 e. The molecule has 1 aliphatic carbocycles. The molecule has 1 fully saturated rings. The number of carboxylic acids is 1. The zero-order valence-corrected chi connectivity index (χ0v) is 9.24. The summed E-state index contributed by atoms with van der Waals surface area (Å²) in [6.45, 7) is 4.18. The number of rotatable bonds is 5. The normalized spacial score (nSPS) is 20.5. The molecule has 3 heteroatoms. The third-order valence-electron chi connectivity index (χ3n) is 3.12. The molecular formula is C12H21NO2. The van der Waals surface area contributed by atoms with Crippen molar-refractivity contribution in [2.45, 2.75) is 44.6 Å². The molecule has 0 bridgehead atoms. The van der Waals surface area contributed by atoms with Crippen molar-refractivity contribution in [1.82, 2.24) is 5.32 Å². The first-order valence-corrected chi connectivity index (χ1v) is 5.82. The van der Waals surface area contributed by atoms with Gasteiger partial charge >= 0.3 is 5.97 Å². The van der Waals surface area contributed by atoms with Gasteiger partial charge in [0.05, 0.1) is 0 Å². The summed E-state index contributed by atoms with van der Waals surface area (Å²) < 4.78 is 0. The average Bonchev–Trinajstić information content (AvgIpc) is 2.47. The molecule has 0 aliphatic heterocycles. The molecule has 1 rings (SSSR count). The van der Waals surface area contributed by atoms with Crippen molar-refractivity contribution in [3.8, 4) is 0 Å². The van der Waals surface area contributed by atoms with Crippen LogP contribution in [0.1, 0.15) is 38.5 Å². The number of hydrogen-bond donors (Lipinski definition) is 2. The zero-order chi connectivity index (χ0) is 11.1. The molecule has 0 heterocycles. The van der Waals surface area contributed by atoms with Crippen LogP contribution in [0.25, 0.3) is 0 Å². The fourth-order valence-corrected chi connectivity index (χ4v) is 2.31. The summed E-state index contributed by atoms with van der Waals surface area (Å²) in [4.78, 5) is 11.1. The Hall–Kier alpha value is -0.830. The maximum absolute atomic E-state index is 11.1. The Kier molecular flexibility index (Phi) is 5.40. The first-order chi connectivity index (χ1) is 7.25. The highest BCUT2D eigenvalue weighted by Crippen LogP contribution is 2.25. The van der Waals surface area contributed by atoms with Gasteiger partial charge in [-0.1, -0.05) is 31.8 Å². The van der Waals surface area contributed by atoms with E-state index in [0.29, 0.717) is 12.5 Å². The lowest BCUT2D eigenvalue weighted by Gasteiger charge is -2.22. The van der Waals surface area contributed by atoms with Crippen LogP contribution in [0.2, 0.25) is 0 Å². The smallest absolute Gasteiger partial charge is 0.320 e. The minimum Gasteiger partial charge on any atom is -0.480 e. The molecule has 2 N–H and O–H groups in total. The van der Waals surface area contributed by atoms with E-state index >= 15 is 0 Å². The number of carbonyl (C=O) groups is 1. The number of aliphatic carboxylic acids is 1. The van der Waals surface area contributed by atoms with E-state index in [1.807, 2.05) is 0 Å². The van der Waals surface area contributed by atoms with Crippen molar-refractivity contribution in [1.29, 1.82) is 0 Å². The molecule has 0 aromatic rings. The fourth-order valence-electron chi connectivity index (χ4n) is 2.31. The van der Waals surface area contributed by atoms with Gasteiger partial charge in [-0.3, -0.25) is 4.79 Å². The highest BCUT2D eigenvalue weighted by molar-refractivity contribution is 5.73. The second kappa shape index (κ2) is 6.62. The van der Waals surface area contributed by atoms with Gasteiger partial charge in [-0.15, -0.1) is 6.58 Å². The van der Waals surface area contributed by atoms with Crippen LogP contribution in [-0.4, -0.2) is 23.7 Å². The van der Waals surface area contributed by atoms with E-state index in [0.717, 1.165) is 12.8 Å². The van der Waals surface area contributed by atoms with Gasteiger partial charge < -0.3 is 10.4 Å². The average molecular weight is 211 g/mol. The molecule has 0 saturated heterocycles. The second-order valence-corrected chi connectivity index (χ2v) is 4.26. The Morgan fingerprint density at radius 3 is 2.47 bits per heavy atom. The molecule has 0 aromatic heterocycles. The van der Waals surface area contributed by atoms with Crippen LogP contribution >= 0.6 is 0 Å². The summed E-state index contributed by atoms with van der Waals surface area (Å²) in [5.41, 5.74) is 0. The predicted octanol–water partition coefficient (Wildman–Crippen LogP) is 2.19. The minimum atomic E-state index is -0.719. The van der Waals surface area contributed by atoms with Crippen molar-refractivity contribution < 1.29 is 9.90 Å². The van der Waals surface area contributed by atoms with Crippen LogP contribution in [0.15, 0.2) is 12.7 Å². The molecule has 1 unspecified atom stereocenters. The lowest BCUT2D eigenvalue weighted by Crippen LogP contribution is -2.42. The molecule has 3 nitrogen and oxygen atoms in total. The van der Waals surface area contributed by atoms with Crippen LogP contribution in [0.4, 0.5) is 0 Å². The van der Waals surface area contributed by atoms with E-state index in [1.54, 1.807) is 6.08 Å². The largest absolute Gasteiger partial charge is 0.480 e. The summed E-state index contributed by atoms with van der Waals surface area (Å²) in [6, 6.07) is -0.388. The van der Waals surface area contributed by atoms with Gasteiger partial charge in [0.25, 0.3) is 0 Å². The molecule has 1 atom stereocenters. The molecular weight excluding hydrogens is 190 g/mol. The highest BCUT2D eigenvalue weighted by Gasteiger charge is 2.27. The number of nitrogens with one attached hydrogen (secondary N) is 1. The van der Waals surface area contributed by atoms with Gasteiger partial charge in [-0.25, -0.2) is 0 Å². The van der Waals surface area contributed by atoms with Gasteiger partial charge in [0, 0.05) is 6.54 Å². The lowest BCUT2D eigenvalue weighted by atomic mass is 9.92. The SMILES string of the molecule is C=CCNC(C(=O)O)C1CCCCCC1.